The van der Waals surface area contributed by atoms with Gasteiger partial charge in [-0.25, -0.2) is 4.98 Å². The fraction of sp³-hybridized carbons (Fsp3) is 0.375. The van der Waals surface area contributed by atoms with Crippen molar-refractivity contribution in [1.29, 1.82) is 0 Å². The first-order valence-electron chi connectivity index (χ1n) is 7.07. The first-order chi connectivity index (χ1) is 9.75. The summed E-state index contributed by atoms with van der Waals surface area (Å²) in [7, 11) is 0. The number of thiazole rings is 1. The second kappa shape index (κ2) is 5.75. The van der Waals surface area contributed by atoms with Gasteiger partial charge in [0.25, 0.3) is 5.91 Å². The van der Waals surface area contributed by atoms with E-state index in [4.69, 9.17) is 0 Å². The van der Waals surface area contributed by atoms with Crippen LogP contribution in [0.2, 0.25) is 0 Å². The Kier molecular flexibility index (Phi) is 3.83. The monoisotopic (exact) mass is 286 g/mol. The summed E-state index contributed by atoms with van der Waals surface area (Å²) in [5, 5.41) is 2.80. The molecule has 2 heterocycles. The van der Waals surface area contributed by atoms with E-state index in [9.17, 15) is 4.79 Å². The van der Waals surface area contributed by atoms with Crippen LogP contribution < -0.4 is 0 Å². The van der Waals surface area contributed by atoms with Gasteiger partial charge in [-0.05, 0) is 26.2 Å². The third-order valence-corrected chi connectivity index (χ3v) is 4.70. The van der Waals surface area contributed by atoms with Crippen molar-refractivity contribution < 1.29 is 4.79 Å². The number of carbonyl (C=O) groups is 1. The molecule has 1 aromatic carbocycles. The smallest absolute Gasteiger partial charge is 0.273 e. The van der Waals surface area contributed by atoms with Gasteiger partial charge in [-0.15, -0.1) is 11.3 Å². The maximum Gasteiger partial charge on any atom is 0.273 e. The summed E-state index contributed by atoms with van der Waals surface area (Å²) in [6.07, 6.45) is 3.42. The molecule has 4 heteroatoms. The van der Waals surface area contributed by atoms with Crippen LogP contribution in [0.25, 0.3) is 10.6 Å². The number of hydrogen-bond acceptors (Lipinski definition) is 3. The van der Waals surface area contributed by atoms with Crippen molar-refractivity contribution in [2.45, 2.75) is 32.2 Å². The quantitative estimate of drug-likeness (QED) is 0.840. The number of aromatic nitrogens is 1. The largest absolute Gasteiger partial charge is 0.335 e. The summed E-state index contributed by atoms with van der Waals surface area (Å²) in [5.41, 5.74) is 1.66. The van der Waals surface area contributed by atoms with Crippen molar-refractivity contribution in [3.63, 3.8) is 0 Å². The van der Waals surface area contributed by atoms with Crippen molar-refractivity contribution >= 4 is 17.2 Å². The highest BCUT2D eigenvalue weighted by atomic mass is 32.1. The van der Waals surface area contributed by atoms with Gasteiger partial charge in [0.15, 0.2) is 0 Å². The first-order valence-corrected chi connectivity index (χ1v) is 7.95. The van der Waals surface area contributed by atoms with Gasteiger partial charge in [0, 0.05) is 23.5 Å². The molecular weight excluding hydrogens is 268 g/mol. The van der Waals surface area contributed by atoms with E-state index in [0.29, 0.717) is 11.7 Å². The minimum absolute atomic E-state index is 0.0793. The lowest BCUT2D eigenvalue weighted by Crippen LogP contribution is -2.42. The molecule has 2 aromatic rings. The van der Waals surface area contributed by atoms with Crippen LogP contribution in [-0.2, 0) is 0 Å². The molecule has 0 N–H and O–H groups in total. The molecule has 3 nitrogen and oxygen atoms in total. The minimum atomic E-state index is 0.0793. The highest BCUT2D eigenvalue weighted by Crippen LogP contribution is 2.25. The SMILES string of the molecule is CC1CCCCN1C(=O)c1csc(-c2ccccc2)n1. The summed E-state index contributed by atoms with van der Waals surface area (Å²) < 4.78 is 0. The number of nitrogens with zero attached hydrogens (tertiary/aromatic N) is 2. The molecule has 1 aromatic heterocycles. The predicted molar refractivity (Wildman–Crippen MR) is 81.9 cm³/mol. The van der Waals surface area contributed by atoms with Crippen LogP contribution in [0.1, 0.15) is 36.7 Å². The second-order valence-corrected chi connectivity index (χ2v) is 6.11. The number of likely N-dealkylation sites (tertiary alicyclic amines) is 1. The molecule has 104 valence electrons. The summed E-state index contributed by atoms with van der Waals surface area (Å²) in [4.78, 5) is 19.0. The van der Waals surface area contributed by atoms with Gasteiger partial charge >= 0.3 is 0 Å². The average Bonchev–Trinajstić information content (AvgIpc) is 2.98. The molecule has 1 amide bonds. The van der Waals surface area contributed by atoms with E-state index in [1.165, 1.54) is 17.8 Å². The van der Waals surface area contributed by atoms with Crippen LogP contribution in [0.5, 0.6) is 0 Å². The van der Waals surface area contributed by atoms with Crippen molar-refractivity contribution in [3.05, 3.63) is 41.4 Å². The van der Waals surface area contributed by atoms with Gasteiger partial charge in [-0.3, -0.25) is 4.79 Å². The zero-order valence-corrected chi connectivity index (χ0v) is 12.4. The summed E-state index contributed by atoms with van der Waals surface area (Å²) in [6, 6.07) is 10.3. The fourth-order valence-corrected chi connectivity index (χ4v) is 3.43. The lowest BCUT2D eigenvalue weighted by molar-refractivity contribution is 0.0630. The van der Waals surface area contributed by atoms with E-state index >= 15 is 0 Å². The zero-order valence-electron chi connectivity index (χ0n) is 11.6. The molecule has 0 saturated carbocycles. The number of piperidine rings is 1. The van der Waals surface area contributed by atoms with E-state index < -0.39 is 0 Å². The van der Waals surface area contributed by atoms with Crippen molar-refractivity contribution in [3.8, 4) is 10.6 Å². The van der Waals surface area contributed by atoms with Crippen LogP contribution in [0.4, 0.5) is 0 Å². The van der Waals surface area contributed by atoms with Crippen LogP contribution in [-0.4, -0.2) is 28.4 Å². The molecule has 0 spiro atoms. The Morgan fingerprint density at radius 1 is 1.30 bits per heavy atom. The lowest BCUT2D eigenvalue weighted by Gasteiger charge is -2.32. The van der Waals surface area contributed by atoms with E-state index in [1.54, 1.807) is 0 Å². The van der Waals surface area contributed by atoms with Crippen LogP contribution in [0.3, 0.4) is 0 Å². The van der Waals surface area contributed by atoms with Crippen LogP contribution in [0, 0.1) is 0 Å². The third-order valence-electron chi connectivity index (χ3n) is 3.81. The molecule has 20 heavy (non-hydrogen) atoms. The number of benzene rings is 1. The summed E-state index contributed by atoms with van der Waals surface area (Å²) in [6.45, 7) is 2.99. The molecule has 1 aliphatic heterocycles. The van der Waals surface area contributed by atoms with E-state index in [2.05, 4.69) is 11.9 Å². The van der Waals surface area contributed by atoms with Crippen molar-refractivity contribution in [1.82, 2.24) is 9.88 Å². The predicted octanol–water partition coefficient (Wildman–Crippen LogP) is 3.82. The standard InChI is InChI=1S/C16H18N2OS/c1-12-7-5-6-10-18(12)16(19)14-11-20-15(17-14)13-8-3-2-4-9-13/h2-4,8-9,11-12H,5-7,10H2,1H3. The van der Waals surface area contributed by atoms with Crippen LogP contribution >= 0.6 is 11.3 Å². The molecule has 0 aliphatic carbocycles. The van der Waals surface area contributed by atoms with Gasteiger partial charge in [0.1, 0.15) is 10.7 Å². The Morgan fingerprint density at radius 2 is 2.10 bits per heavy atom. The molecule has 1 aliphatic rings. The highest BCUT2D eigenvalue weighted by molar-refractivity contribution is 7.13. The molecule has 1 atom stereocenters. The normalized spacial score (nSPS) is 19.1. The van der Waals surface area contributed by atoms with Gasteiger partial charge in [0.2, 0.25) is 0 Å². The minimum Gasteiger partial charge on any atom is -0.335 e. The summed E-state index contributed by atoms with van der Waals surface area (Å²) >= 11 is 1.54. The van der Waals surface area contributed by atoms with E-state index in [1.807, 2.05) is 40.6 Å². The highest BCUT2D eigenvalue weighted by Gasteiger charge is 2.25. The fourth-order valence-electron chi connectivity index (χ4n) is 2.63. The molecule has 0 radical (unpaired) electrons. The molecule has 3 rings (SSSR count). The molecule has 0 bridgehead atoms. The van der Waals surface area contributed by atoms with Gasteiger partial charge in [-0.1, -0.05) is 30.3 Å². The third kappa shape index (κ3) is 2.61. The Hall–Kier alpha value is -1.68. The van der Waals surface area contributed by atoms with Crippen molar-refractivity contribution in [2.24, 2.45) is 0 Å². The van der Waals surface area contributed by atoms with E-state index in [0.717, 1.165) is 30.0 Å². The van der Waals surface area contributed by atoms with Gasteiger partial charge < -0.3 is 4.90 Å². The Labute approximate surface area is 123 Å². The molecule has 1 unspecified atom stereocenters. The molecular formula is C16H18N2OS. The average molecular weight is 286 g/mol. The summed E-state index contributed by atoms with van der Waals surface area (Å²) in [5.74, 6) is 0.0793. The first kappa shape index (κ1) is 13.3. The topological polar surface area (TPSA) is 33.2 Å². The molecule has 1 saturated heterocycles. The number of amides is 1. The number of rotatable bonds is 2. The van der Waals surface area contributed by atoms with Crippen molar-refractivity contribution in [2.75, 3.05) is 6.54 Å². The Bertz CT molecular complexity index is 594. The zero-order chi connectivity index (χ0) is 13.9. The maximum absolute atomic E-state index is 12.5. The number of carbonyl (C=O) groups excluding carboxylic acids is 1. The van der Waals surface area contributed by atoms with Gasteiger partial charge in [-0.2, -0.15) is 0 Å². The number of hydrogen-bond donors (Lipinski definition) is 0. The Balaban J connectivity index is 1.81. The van der Waals surface area contributed by atoms with Crippen LogP contribution in [0.15, 0.2) is 35.7 Å². The maximum atomic E-state index is 12.5. The molecule has 1 fully saturated rings. The Morgan fingerprint density at radius 3 is 2.85 bits per heavy atom. The second-order valence-electron chi connectivity index (χ2n) is 5.25. The van der Waals surface area contributed by atoms with Gasteiger partial charge in [0.05, 0.1) is 0 Å². The lowest BCUT2D eigenvalue weighted by atomic mass is 10.0. The van der Waals surface area contributed by atoms with E-state index in [-0.39, 0.29) is 5.91 Å².